The number of carbonyl (C=O) groups excluding carboxylic acids is 2. The van der Waals surface area contributed by atoms with Gasteiger partial charge in [-0.1, -0.05) is 26.2 Å². The SMILES string of the molecule is CCC(=O)N[C@@H]1CC[C@@H](CC(=O)NCC2CCCCC2)O[C@@H]1CO. The van der Waals surface area contributed by atoms with Gasteiger partial charge in [0.25, 0.3) is 0 Å². The number of amides is 2. The van der Waals surface area contributed by atoms with E-state index in [0.717, 1.165) is 19.4 Å². The highest BCUT2D eigenvalue weighted by atomic mass is 16.5. The van der Waals surface area contributed by atoms with Crippen LogP contribution in [0.25, 0.3) is 0 Å². The summed E-state index contributed by atoms with van der Waals surface area (Å²) in [5.41, 5.74) is 0. The van der Waals surface area contributed by atoms with E-state index in [1.807, 2.05) is 0 Å². The zero-order chi connectivity index (χ0) is 17.4. The first-order valence-corrected chi connectivity index (χ1v) is 9.44. The van der Waals surface area contributed by atoms with Crippen LogP contribution in [0.15, 0.2) is 0 Å². The van der Waals surface area contributed by atoms with E-state index < -0.39 is 6.10 Å². The first-order chi connectivity index (χ1) is 11.6. The Balaban J connectivity index is 1.71. The van der Waals surface area contributed by atoms with Crippen LogP contribution in [0.3, 0.4) is 0 Å². The minimum absolute atomic E-state index is 0.0262. The average Bonchev–Trinajstić information content (AvgIpc) is 2.62. The van der Waals surface area contributed by atoms with Crippen molar-refractivity contribution < 1.29 is 19.4 Å². The second kappa shape index (κ2) is 9.99. The van der Waals surface area contributed by atoms with Gasteiger partial charge in [-0.15, -0.1) is 0 Å². The molecule has 1 heterocycles. The van der Waals surface area contributed by atoms with Gasteiger partial charge < -0.3 is 20.5 Å². The molecule has 0 radical (unpaired) electrons. The lowest BCUT2D eigenvalue weighted by Gasteiger charge is -2.36. The van der Waals surface area contributed by atoms with Crippen molar-refractivity contribution >= 4 is 11.8 Å². The average molecular weight is 340 g/mol. The normalized spacial score (nSPS) is 28.3. The summed E-state index contributed by atoms with van der Waals surface area (Å²) in [5, 5.41) is 15.4. The van der Waals surface area contributed by atoms with Gasteiger partial charge in [0.05, 0.1) is 25.2 Å². The van der Waals surface area contributed by atoms with Gasteiger partial charge in [-0.25, -0.2) is 0 Å². The third kappa shape index (κ3) is 6.06. The molecule has 3 atom stereocenters. The van der Waals surface area contributed by atoms with E-state index in [0.29, 0.717) is 18.8 Å². The Morgan fingerprint density at radius 3 is 2.50 bits per heavy atom. The Bertz CT molecular complexity index is 410. The van der Waals surface area contributed by atoms with Gasteiger partial charge >= 0.3 is 0 Å². The van der Waals surface area contributed by atoms with Crippen molar-refractivity contribution in [1.29, 1.82) is 0 Å². The summed E-state index contributed by atoms with van der Waals surface area (Å²) in [6.07, 6.45) is 7.90. The molecule has 0 unspecified atom stereocenters. The van der Waals surface area contributed by atoms with Gasteiger partial charge in [0.15, 0.2) is 0 Å². The molecular formula is C18H32N2O4. The second-order valence-corrected chi connectivity index (χ2v) is 7.10. The molecule has 2 aliphatic rings. The van der Waals surface area contributed by atoms with Gasteiger partial charge in [-0.3, -0.25) is 9.59 Å². The van der Waals surface area contributed by atoms with Crippen LogP contribution < -0.4 is 10.6 Å². The number of ether oxygens (including phenoxy) is 1. The fourth-order valence-electron chi connectivity index (χ4n) is 3.68. The molecule has 1 saturated heterocycles. The minimum Gasteiger partial charge on any atom is -0.394 e. The number of carbonyl (C=O) groups is 2. The van der Waals surface area contributed by atoms with Gasteiger partial charge in [0.2, 0.25) is 11.8 Å². The van der Waals surface area contributed by atoms with Crippen LogP contribution in [0.5, 0.6) is 0 Å². The van der Waals surface area contributed by atoms with Crippen molar-refractivity contribution in [3.8, 4) is 0 Å². The van der Waals surface area contributed by atoms with Crippen LogP contribution in [0.1, 0.15) is 64.7 Å². The zero-order valence-corrected chi connectivity index (χ0v) is 14.8. The van der Waals surface area contributed by atoms with Gasteiger partial charge in [0, 0.05) is 13.0 Å². The Hall–Kier alpha value is -1.14. The maximum Gasteiger partial charge on any atom is 0.222 e. The van der Waals surface area contributed by atoms with Gasteiger partial charge in [0.1, 0.15) is 6.10 Å². The van der Waals surface area contributed by atoms with Crippen LogP contribution in [-0.2, 0) is 14.3 Å². The quantitative estimate of drug-likeness (QED) is 0.655. The molecule has 2 amide bonds. The Kier molecular flexibility index (Phi) is 7.99. The maximum atomic E-state index is 12.1. The minimum atomic E-state index is -0.426. The van der Waals surface area contributed by atoms with Crippen LogP contribution in [0.2, 0.25) is 0 Å². The molecule has 6 nitrogen and oxygen atoms in total. The molecule has 1 saturated carbocycles. The molecule has 1 aliphatic carbocycles. The number of nitrogens with one attached hydrogen (secondary N) is 2. The highest BCUT2D eigenvalue weighted by molar-refractivity contribution is 5.76. The number of aliphatic hydroxyl groups is 1. The molecule has 6 heteroatoms. The smallest absolute Gasteiger partial charge is 0.222 e. The van der Waals surface area contributed by atoms with Crippen molar-refractivity contribution in [3.63, 3.8) is 0 Å². The van der Waals surface area contributed by atoms with Crippen LogP contribution >= 0.6 is 0 Å². The molecule has 0 aromatic heterocycles. The lowest BCUT2D eigenvalue weighted by molar-refractivity contribution is -0.135. The van der Waals surface area contributed by atoms with E-state index in [1.165, 1.54) is 32.1 Å². The molecule has 138 valence electrons. The summed E-state index contributed by atoms with van der Waals surface area (Å²) >= 11 is 0. The molecule has 0 aromatic carbocycles. The number of hydrogen-bond donors (Lipinski definition) is 3. The molecular weight excluding hydrogens is 308 g/mol. The third-order valence-electron chi connectivity index (χ3n) is 5.19. The molecule has 2 rings (SSSR count). The number of rotatable bonds is 7. The van der Waals surface area contributed by atoms with E-state index in [1.54, 1.807) is 6.92 Å². The van der Waals surface area contributed by atoms with E-state index in [-0.39, 0.29) is 30.6 Å². The molecule has 1 aliphatic heterocycles. The number of hydrogen-bond acceptors (Lipinski definition) is 4. The molecule has 24 heavy (non-hydrogen) atoms. The third-order valence-corrected chi connectivity index (χ3v) is 5.19. The maximum absolute atomic E-state index is 12.1. The molecule has 0 bridgehead atoms. The van der Waals surface area contributed by atoms with Crippen molar-refractivity contribution in [3.05, 3.63) is 0 Å². The van der Waals surface area contributed by atoms with E-state index in [9.17, 15) is 14.7 Å². The van der Waals surface area contributed by atoms with Crippen LogP contribution in [-0.4, -0.2) is 48.3 Å². The fraction of sp³-hybridized carbons (Fsp3) is 0.889. The predicted molar refractivity (Wildman–Crippen MR) is 91.4 cm³/mol. The van der Waals surface area contributed by atoms with Crippen molar-refractivity contribution in [1.82, 2.24) is 10.6 Å². The number of aliphatic hydroxyl groups excluding tert-OH is 1. The highest BCUT2D eigenvalue weighted by Gasteiger charge is 2.32. The lowest BCUT2D eigenvalue weighted by atomic mass is 9.89. The van der Waals surface area contributed by atoms with Gasteiger partial charge in [-0.2, -0.15) is 0 Å². The summed E-state index contributed by atoms with van der Waals surface area (Å²) in [5.74, 6) is 0.609. The van der Waals surface area contributed by atoms with E-state index in [4.69, 9.17) is 4.74 Å². The largest absolute Gasteiger partial charge is 0.394 e. The van der Waals surface area contributed by atoms with Crippen molar-refractivity contribution in [2.24, 2.45) is 5.92 Å². The Morgan fingerprint density at radius 2 is 1.83 bits per heavy atom. The van der Waals surface area contributed by atoms with E-state index in [2.05, 4.69) is 10.6 Å². The molecule has 0 aromatic rings. The summed E-state index contributed by atoms with van der Waals surface area (Å²) < 4.78 is 5.83. The monoisotopic (exact) mass is 340 g/mol. The standard InChI is InChI=1S/C18H32N2O4/c1-2-17(22)20-15-9-8-14(24-16(15)12-21)10-18(23)19-11-13-6-4-3-5-7-13/h13-16,21H,2-12H2,1H3,(H,19,23)(H,20,22)/t14-,15+,16+/m0/s1. The fourth-order valence-corrected chi connectivity index (χ4v) is 3.68. The summed E-state index contributed by atoms with van der Waals surface area (Å²) in [6, 6.07) is -0.163. The van der Waals surface area contributed by atoms with Crippen LogP contribution in [0, 0.1) is 5.92 Å². The zero-order valence-electron chi connectivity index (χ0n) is 14.8. The first-order valence-electron chi connectivity index (χ1n) is 9.44. The Labute approximate surface area is 144 Å². The summed E-state index contributed by atoms with van der Waals surface area (Å²) in [7, 11) is 0. The lowest BCUT2D eigenvalue weighted by Crippen LogP contribution is -2.51. The highest BCUT2D eigenvalue weighted by Crippen LogP contribution is 2.24. The Morgan fingerprint density at radius 1 is 1.08 bits per heavy atom. The van der Waals surface area contributed by atoms with Crippen molar-refractivity contribution in [2.45, 2.75) is 83.0 Å². The first kappa shape index (κ1) is 19.2. The van der Waals surface area contributed by atoms with Gasteiger partial charge in [-0.05, 0) is 31.6 Å². The summed E-state index contributed by atoms with van der Waals surface area (Å²) in [4.78, 5) is 23.7. The van der Waals surface area contributed by atoms with Crippen LogP contribution in [0.4, 0.5) is 0 Å². The molecule has 3 N–H and O–H groups in total. The summed E-state index contributed by atoms with van der Waals surface area (Å²) in [6.45, 7) is 2.42. The predicted octanol–water partition coefficient (Wildman–Crippen LogP) is 1.51. The second-order valence-electron chi connectivity index (χ2n) is 7.10. The topological polar surface area (TPSA) is 87.7 Å². The van der Waals surface area contributed by atoms with Crippen molar-refractivity contribution in [2.75, 3.05) is 13.2 Å². The van der Waals surface area contributed by atoms with E-state index >= 15 is 0 Å². The molecule has 0 spiro atoms. The molecule has 2 fully saturated rings.